The predicted molar refractivity (Wildman–Crippen MR) is 61.4 cm³/mol. The van der Waals surface area contributed by atoms with Gasteiger partial charge in [0.25, 0.3) is 5.92 Å². The van der Waals surface area contributed by atoms with Gasteiger partial charge in [-0.2, -0.15) is 13.2 Å². The summed E-state index contributed by atoms with van der Waals surface area (Å²) in [6.07, 6.45) is -3.83. The molecule has 108 valence electrons. The molecule has 2 heterocycles. The molecule has 1 N–H and O–H groups in total. The van der Waals surface area contributed by atoms with E-state index in [1.165, 1.54) is 6.07 Å². The molecule has 0 aliphatic carbocycles. The molecule has 0 spiro atoms. The molecule has 1 atom stereocenters. The van der Waals surface area contributed by atoms with Crippen molar-refractivity contribution in [3.05, 3.63) is 29.6 Å². The first-order valence-electron chi connectivity index (χ1n) is 5.42. The predicted octanol–water partition coefficient (Wildman–Crippen LogP) is 3.58. The summed E-state index contributed by atoms with van der Waals surface area (Å²) < 4.78 is 62.7. The van der Waals surface area contributed by atoms with Gasteiger partial charge in [0, 0.05) is 18.7 Å². The molecule has 19 heavy (non-hydrogen) atoms. The molecular formula is C11H12ClF5N2. The summed E-state index contributed by atoms with van der Waals surface area (Å²) in [6, 6.07) is 1.73. The zero-order valence-corrected chi connectivity index (χ0v) is 10.5. The summed E-state index contributed by atoms with van der Waals surface area (Å²) in [5, 5.41) is 2.59. The highest BCUT2D eigenvalue weighted by Crippen LogP contribution is 2.32. The van der Waals surface area contributed by atoms with E-state index in [4.69, 9.17) is 0 Å². The number of nitrogens with one attached hydrogen (secondary N) is 1. The summed E-state index contributed by atoms with van der Waals surface area (Å²) in [4.78, 5) is 3.69. The fourth-order valence-corrected chi connectivity index (χ4v) is 1.85. The first kappa shape index (κ1) is 16.1. The van der Waals surface area contributed by atoms with Crippen molar-refractivity contribution in [3.63, 3.8) is 0 Å². The molecule has 1 fully saturated rings. The molecule has 1 aliphatic rings. The number of aromatic nitrogens is 1. The average molecular weight is 303 g/mol. The van der Waals surface area contributed by atoms with E-state index in [9.17, 15) is 22.0 Å². The van der Waals surface area contributed by atoms with Gasteiger partial charge in [0.2, 0.25) is 0 Å². The highest BCUT2D eigenvalue weighted by molar-refractivity contribution is 5.85. The molecule has 1 aliphatic heterocycles. The van der Waals surface area contributed by atoms with Crippen LogP contribution in [0.3, 0.4) is 0 Å². The number of piperidine rings is 1. The Bertz CT molecular complexity index is 408. The van der Waals surface area contributed by atoms with Crippen LogP contribution in [0.2, 0.25) is 0 Å². The maximum atomic E-state index is 12.9. The maximum Gasteiger partial charge on any atom is 0.417 e. The molecule has 0 bridgehead atoms. The number of hydrogen-bond donors (Lipinski definition) is 1. The third-order valence-corrected chi connectivity index (χ3v) is 2.88. The van der Waals surface area contributed by atoms with Gasteiger partial charge in [-0.05, 0) is 18.6 Å². The van der Waals surface area contributed by atoms with Crippen molar-refractivity contribution in [1.82, 2.24) is 10.3 Å². The average Bonchev–Trinajstić information content (AvgIpc) is 2.28. The van der Waals surface area contributed by atoms with Gasteiger partial charge in [-0.25, -0.2) is 8.78 Å². The fourth-order valence-electron chi connectivity index (χ4n) is 1.85. The molecule has 0 amide bonds. The fraction of sp³-hybridized carbons (Fsp3) is 0.545. The van der Waals surface area contributed by atoms with Gasteiger partial charge in [0.05, 0.1) is 17.8 Å². The minimum absolute atomic E-state index is 0. The SMILES string of the molecule is Cl.FC1(F)CCC(c2ccc(C(F)(F)F)cn2)NC1. The van der Waals surface area contributed by atoms with E-state index in [2.05, 4.69) is 10.3 Å². The molecular weight excluding hydrogens is 291 g/mol. The number of nitrogens with zero attached hydrogens (tertiary/aromatic N) is 1. The van der Waals surface area contributed by atoms with Crippen LogP contribution in [0, 0.1) is 0 Å². The lowest BCUT2D eigenvalue weighted by Crippen LogP contribution is -2.41. The largest absolute Gasteiger partial charge is 0.417 e. The van der Waals surface area contributed by atoms with Crippen molar-refractivity contribution in [2.45, 2.75) is 31.0 Å². The van der Waals surface area contributed by atoms with Crippen LogP contribution in [-0.4, -0.2) is 17.5 Å². The van der Waals surface area contributed by atoms with Crippen LogP contribution < -0.4 is 5.32 Å². The highest BCUT2D eigenvalue weighted by atomic mass is 35.5. The number of rotatable bonds is 1. The van der Waals surface area contributed by atoms with E-state index in [-0.39, 0.29) is 25.2 Å². The van der Waals surface area contributed by atoms with Gasteiger partial charge in [-0.15, -0.1) is 12.4 Å². The summed E-state index contributed by atoms with van der Waals surface area (Å²) in [5.74, 6) is -2.75. The third kappa shape index (κ3) is 4.01. The lowest BCUT2D eigenvalue weighted by atomic mass is 9.99. The molecule has 0 radical (unpaired) electrons. The van der Waals surface area contributed by atoms with Gasteiger partial charge >= 0.3 is 6.18 Å². The van der Waals surface area contributed by atoms with Crippen LogP contribution in [0.1, 0.15) is 30.1 Å². The topological polar surface area (TPSA) is 24.9 Å². The van der Waals surface area contributed by atoms with Gasteiger partial charge in [0.15, 0.2) is 0 Å². The molecule has 2 rings (SSSR count). The van der Waals surface area contributed by atoms with Crippen LogP contribution in [-0.2, 0) is 6.18 Å². The van der Waals surface area contributed by atoms with Crippen LogP contribution in [0.25, 0.3) is 0 Å². The van der Waals surface area contributed by atoms with Crippen molar-refractivity contribution in [2.24, 2.45) is 0 Å². The highest BCUT2D eigenvalue weighted by Gasteiger charge is 2.36. The Kier molecular flexibility index (Phi) is 4.73. The molecule has 1 aromatic rings. The zero-order chi connectivity index (χ0) is 13.4. The second-order valence-corrected chi connectivity index (χ2v) is 4.30. The molecule has 0 saturated carbocycles. The van der Waals surface area contributed by atoms with Gasteiger partial charge < -0.3 is 5.32 Å². The molecule has 1 saturated heterocycles. The first-order valence-corrected chi connectivity index (χ1v) is 5.42. The van der Waals surface area contributed by atoms with E-state index >= 15 is 0 Å². The van der Waals surface area contributed by atoms with Crippen molar-refractivity contribution in [2.75, 3.05) is 6.54 Å². The van der Waals surface area contributed by atoms with Crippen LogP contribution in [0.15, 0.2) is 18.3 Å². The van der Waals surface area contributed by atoms with E-state index in [1.807, 2.05) is 0 Å². The minimum Gasteiger partial charge on any atom is -0.303 e. The lowest BCUT2D eigenvalue weighted by Gasteiger charge is -2.29. The van der Waals surface area contributed by atoms with Crippen LogP contribution in [0.5, 0.6) is 0 Å². The van der Waals surface area contributed by atoms with Crippen molar-refractivity contribution >= 4 is 12.4 Å². The van der Waals surface area contributed by atoms with E-state index in [0.29, 0.717) is 5.69 Å². The van der Waals surface area contributed by atoms with Crippen molar-refractivity contribution < 1.29 is 22.0 Å². The smallest absolute Gasteiger partial charge is 0.303 e. The normalized spacial score (nSPS) is 22.7. The Labute approximate surface area is 112 Å². The quantitative estimate of drug-likeness (QED) is 0.802. The van der Waals surface area contributed by atoms with Gasteiger partial charge in [-0.3, -0.25) is 4.98 Å². The number of alkyl halides is 5. The Morgan fingerprint density at radius 1 is 1.26 bits per heavy atom. The summed E-state index contributed by atoms with van der Waals surface area (Å²) >= 11 is 0. The van der Waals surface area contributed by atoms with Gasteiger partial charge in [-0.1, -0.05) is 0 Å². The molecule has 1 aromatic heterocycles. The molecule has 2 nitrogen and oxygen atoms in total. The first-order chi connectivity index (χ1) is 8.28. The zero-order valence-electron chi connectivity index (χ0n) is 9.68. The summed E-state index contributed by atoms with van der Waals surface area (Å²) in [5.41, 5.74) is -0.481. The summed E-state index contributed by atoms with van der Waals surface area (Å²) in [6.45, 7) is -0.472. The molecule has 8 heteroatoms. The second-order valence-electron chi connectivity index (χ2n) is 4.30. The lowest BCUT2D eigenvalue weighted by molar-refractivity contribution is -0.137. The number of hydrogen-bond acceptors (Lipinski definition) is 2. The number of halogens is 6. The van der Waals surface area contributed by atoms with Crippen molar-refractivity contribution in [3.8, 4) is 0 Å². The third-order valence-electron chi connectivity index (χ3n) is 2.88. The monoisotopic (exact) mass is 302 g/mol. The second kappa shape index (κ2) is 5.58. The standard InChI is InChI=1S/C11H11F5N2.ClH/c12-10(13)4-3-9(18-6-10)8-2-1-7(5-17-8)11(14,15)16;/h1-2,5,9,18H,3-4,6H2;1H. The Hall–Kier alpha value is -0.950. The van der Waals surface area contributed by atoms with Crippen LogP contribution in [0.4, 0.5) is 22.0 Å². The van der Waals surface area contributed by atoms with E-state index < -0.39 is 30.2 Å². The minimum atomic E-state index is -4.43. The van der Waals surface area contributed by atoms with E-state index in [1.54, 1.807) is 0 Å². The molecule has 0 aromatic carbocycles. The van der Waals surface area contributed by atoms with Gasteiger partial charge in [0.1, 0.15) is 0 Å². The maximum absolute atomic E-state index is 12.9. The van der Waals surface area contributed by atoms with Crippen LogP contribution >= 0.6 is 12.4 Å². The number of pyridine rings is 1. The molecule has 1 unspecified atom stereocenters. The van der Waals surface area contributed by atoms with E-state index in [0.717, 1.165) is 12.3 Å². The Balaban J connectivity index is 0.00000180. The Morgan fingerprint density at radius 3 is 2.37 bits per heavy atom. The Morgan fingerprint density at radius 2 is 1.95 bits per heavy atom. The summed E-state index contributed by atoms with van der Waals surface area (Å²) in [7, 11) is 0. The van der Waals surface area contributed by atoms with Crippen molar-refractivity contribution in [1.29, 1.82) is 0 Å².